The Bertz CT molecular complexity index is 795. The molecule has 12 heteroatoms. The smallest absolute Gasteiger partial charge is 1.00 e. The molecule has 28 heavy (non-hydrogen) atoms. The molecular formula is C16H24Cl2N5NaO3S. The van der Waals surface area contributed by atoms with Crippen molar-refractivity contribution >= 4 is 33.2 Å². The third-order valence-electron chi connectivity index (χ3n) is 3.86. The van der Waals surface area contributed by atoms with Crippen molar-refractivity contribution in [2.75, 3.05) is 26.0 Å². The van der Waals surface area contributed by atoms with Gasteiger partial charge in [0.25, 0.3) is 0 Å². The molecule has 0 aliphatic heterocycles. The molecule has 0 saturated heterocycles. The second-order valence-corrected chi connectivity index (χ2v) is 8.96. The Balaban J connectivity index is 0.00000392. The van der Waals surface area contributed by atoms with Gasteiger partial charge in [-0.05, 0) is 31.0 Å². The van der Waals surface area contributed by atoms with Gasteiger partial charge in [-0.1, -0.05) is 41.3 Å². The van der Waals surface area contributed by atoms with Gasteiger partial charge in [-0.3, -0.25) is 0 Å². The van der Waals surface area contributed by atoms with Crippen LogP contribution in [0.1, 0.15) is 32.9 Å². The molecule has 0 atom stereocenters. The number of halogens is 2. The first-order valence-electron chi connectivity index (χ1n) is 8.61. The summed E-state index contributed by atoms with van der Waals surface area (Å²) in [7, 11) is -3.30. The van der Waals surface area contributed by atoms with Crippen LogP contribution in [0.5, 0.6) is 5.75 Å². The molecule has 1 aromatic heterocycles. The van der Waals surface area contributed by atoms with E-state index in [0.717, 1.165) is 32.1 Å². The molecule has 0 spiro atoms. The molecular weight excluding hydrogens is 436 g/mol. The Morgan fingerprint density at radius 3 is 2.39 bits per heavy atom. The van der Waals surface area contributed by atoms with Gasteiger partial charge in [-0.25, -0.2) is 8.42 Å². The van der Waals surface area contributed by atoms with Gasteiger partial charge < -0.3 is 6.16 Å². The molecule has 0 amide bonds. The number of sulfonamides is 1. The standard InChI is InChI=1S/C16H23Cl2N5O3S.Na.H/c1-27(24,25)23(7-5-3-2-4-6-16-19-21-22-20-16)8-9-26-15-11-13(17)10-14(18)12-15;;/h10-12H,2-9H2,1H3,(H,19,20,21,22);;/q;+1;-1. The van der Waals surface area contributed by atoms with Gasteiger partial charge in [0.15, 0.2) is 5.82 Å². The molecule has 0 unspecified atom stereocenters. The molecule has 1 heterocycles. The number of tetrazole rings is 1. The van der Waals surface area contributed by atoms with E-state index < -0.39 is 10.0 Å². The number of benzene rings is 1. The number of nitrogens with one attached hydrogen (secondary N) is 1. The molecule has 0 radical (unpaired) electrons. The van der Waals surface area contributed by atoms with E-state index in [1.165, 1.54) is 10.6 Å². The summed E-state index contributed by atoms with van der Waals surface area (Å²) in [6.07, 6.45) is 5.60. The fraction of sp³-hybridized carbons (Fsp3) is 0.562. The van der Waals surface area contributed by atoms with Crippen molar-refractivity contribution in [3.8, 4) is 5.75 Å². The first-order valence-corrected chi connectivity index (χ1v) is 11.2. The van der Waals surface area contributed by atoms with E-state index in [1.54, 1.807) is 18.2 Å². The number of aromatic nitrogens is 4. The Labute approximate surface area is 199 Å². The summed E-state index contributed by atoms with van der Waals surface area (Å²) in [6, 6.07) is 4.89. The predicted molar refractivity (Wildman–Crippen MR) is 106 cm³/mol. The van der Waals surface area contributed by atoms with Crippen LogP contribution in [0.4, 0.5) is 0 Å². The van der Waals surface area contributed by atoms with Gasteiger partial charge in [0.05, 0.1) is 6.26 Å². The van der Waals surface area contributed by atoms with E-state index in [0.29, 0.717) is 28.2 Å². The first-order chi connectivity index (χ1) is 12.8. The van der Waals surface area contributed by atoms with Crippen LogP contribution in [0.3, 0.4) is 0 Å². The number of aryl methyl sites for hydroxylation is 1. The van der Waals surface area contributed by atoms with Gasteiger partial charge >= 0.3 is 29.6 Å². The minimum Gasteiger partial charge on any atom is -1.00 e. The first kappa shape index (κ1) is 25.6. The molecule has 0 aliphatic carbocycles. The second kappa shape index (κ2) is 13.0. The van der Waals surface area contributed by atoms with E-state index in [4.69, 9.17) is 27.9 Å². The van der Waals surface area contributed by atoms with Gasteiger partial charge in [0.1, 0.15) is 12.4 Å². The van der Waals surface area contributed by atoms with Crippen molar-refractivity contribution in [3.05, 3.63) is 34.1 Å². The maximum atomic E-state index is 12.0. The minimum atomic E-state index is -3.30. The van der Waals surface area contributed by atoms with Crippen LogP contribution < -0.4 is 34.3 Å². The molecule has 0 bridgehead atoms. The third-order valence-corrected chi connectivity index (χ3v) is 5.60. The predicted octanol–water partition coefficient (Wildman–Crippen LogP) is 0.0665. The van der Waals surface area contributed by atoms with Crippen molar-refractivity contribution < 1.29 is 44.1 Å². The average molecular weight is 460 g/mol. The zero-order valence-electron chi connectivity index (χ0n) is 17.1. The van der Waals surface area contributed by atoms with Gasteiger partial charge in [-0.2, -0.15) is 9.52 Å². The van der Waals surface area contributed by atoms with E-state index >= 15 is 0 Å². The summed E-state index contributed by atoms with van der Waals surface area (Å²) in [5, 5.41) is 14.7. The zero-order chi connectivity index (χ0) is 19.7. The van der Waals surface area contributed by atoms with Crippen molar-refractivity contribution in [2.45, 2.75) is 32.1 Å². The number of ether oxygens (including phenoxy) is 1. The van der Waals surface area contributed by atoms with Gasteiger partial charge in [0.2, 0.25) is 10.0 Å². The monoisotopic (exact) mass is 459 g/mol. The molecule has 2 aromatic rings. The fourth-order valence-corrected chi connectivity index (χ4v) is 3.91. The largest absolute Gasteiger partial charge is 1.00 e. The third kappa shape index (κ3) is 9.87. The zero-order valence-corrected chi connectivity index (χ0v) is 20.4. The summed E-state index contributed by atoms with van der Waals surface area (Å²) in [4.78, 5) is 0. The Morgan fingerprint density at radius 2 is 1.79 bits per heavy atom. The van der Waals surface area contributed by atoms with Crippen LogP contribution in [0, 0.1) is 0 Å². The van der Waals surface area contributed by atoms with Crippen LogP contribution in [0.15, 0.2) is 18.2 Å². The van der Waals surface area contributed by atoms with Crippen molar-refractivity contribution in [1.82, 2.24) is 24.9 Å². The molecule has 152 valence electrons. The average Bonchev–Trinajstić information content (AvgIpc) is 3.07. The van der Waals surface area contributed by atoms with Gasteiger partial charge in [-0.15, -0.1) is 10.2 Å². The normalized spacial score (nSPS) is 11.4. The van der Waals surface area contributed by atoms with Crippen LogP contribution in [0.25, 0.3) is 0 Å². The van der Waals surface area contributed by atoms with Crippen molar-refractivity contribution in [1.29, 1.82) is 0 Å². The second-order valence-electron chi connectivity index (χ2n) is 6.11. The maximum absolute atomic E-state index is 12.0. The number of aromatic amines is 1. The quantitative estimate of drug-likeness (QED) is 0.355. The van der Waals surface area contributed by atoms with E-state index in [1.807, 2.05) is 0 Å². The molecule has 1 aromatic carbocycles. The van der Waals surface area contributed by atoms with E-state index in [-0.39, 0.29) is 44.1 Å². The Kier molecular flexibility index (Phi) is 11.9. The van der Waals surface area contributed by atoms with Crippen LogP contribution >= 0.6 is 23.2 Å². The van der Waals surface area contributed by atoms with Crippen LogP contribution in [0.2, 0.25) is 10.0 Å². The summed E-state index contributed by atoms with van der Waals surface area (Å²) < 4.78 is 30.9. The Hall–Kier alpha value is -0.420. The molecule has 0 saturated carbocycles. The summed E-state index contributed by atoms with van der Waals surface area (Å²) in [5.41, 5.74) is 0. The number of unbranched alkanes of at least 4 members (excludes halogenated alkanes) is 3. The van der Waals surface area contributed by atoms with Crippen LogP contribution in [-0.4, -0.2) is 59.3 Å². The number of nitrogens with zero attached hydrogens (tertiary/aromatic N) is 4. The summed E-state index contributed by atoms with van der Waals surface area (Å²) in [5.74, 6) is 1.22. The fourth-order valence-electron chi connectivity index (χ4n) is 2.53. The SMILES string of the molecule is CS(=O)(=O)N(CCCCCCc1nn[nH]n1)CCOc1cc(Cl)cc(Cl)c1.[H-].[Na+]. The van der Waals surface area contributed by atoms with Gasteiger partial charge in [0, 0.05) is 29.6 Å². The molecule has 2 rings (SSSR count). The topological polar surface area (TPSA) is 101 Å². The van der Waals surface area contributed by atoms with Crippen molar-refractivity contribution in [3.63, 3.8) is 0 Å². The summed E-state index contributed by atoms with van der Waals surface area (Å²) >= 11 is 11.8. The van der Waals surface area contributed by atoms with Crippen LogP contribution in [-0.2, 0) is 16.4 Å². The maximum Gasteiger partial charge on any atom is 1.00 e. The number of hydrogen-bond donors (Lipinski definition) is 1. The summed E-state index contributed by atoms with van der Waals surface area (Å²) in [6.45, 7) is 0.952. The molecule has 1 N–H and O–H groups in total. The molecule has 0 fully saturated rings. The number of rotatable bonds is 12. The number of H-pyrrole nitrogens is 1. The van der Waals surface area contributed by atoms with E-state index in [9.17, 15) is 8.42 Å². The van der Waals surface area contributed by atoms with E-state index in [2.05, 4.69) is 20.6 Å². The number of hydrogen-bond acceptors (Lipinski definition) is 6. The molecule has 8 nitrogen and oxygen atoms in total. The van der Waals surface area contributed by atoms with Crippen molar-refractivity contribution in [2.24, 2.45) is 0 Å². The Morgan fingerprint density at radius 1 is 1.11 bits per heavy atom. The minimum absolute atomic E-state index is 0. The molecule has 0 aliphatic rings.